The van der Waals surface area contributed by atoms with Crippen LogP contribution in [-0.4, -0.2) is 56.4 Å². The van der Waals surface area contributed by atoms with Gasteiger partial charge in [-0.3, -0.25) is 14.4 Å². The van der Waals surface area contributed by atoms with E-state index < -0.39 is 27.1 Å². The summed E-state index contributed by atoms with van der Waals surface area (Å²) in [5.74, 6) is -0.166. The fourth-order valence-electron chi connectivity index (χ4n) is 2.44. The summed E-state index contributed by atoms with van der Waals surface area (Å²) in [6.07, 6.45) is -0.188. The number of hydrogen-bond acceptors (Lipinski definition) is 5. The predicted octanol–water partition coefficient (Wildman–Crippen LogP) is -0.199. The van der Waals surface area contributed by atoms with E-state index in [0.29, 0.717) is 30.6 Å². The number of rotatable bonds is 7. The Hall–Kier alpha value is 0.570. The third kappa shape index (κ3) is 7.12. The molecule has 21 heavy (non-hydrogen) atoms. The van der Waals surface area contributed by atoms with Gasteiger partial charge in [-0.2, -0.15) is 12.6 Å². The predicted molar refractivity (Wildman–Crippen MR) is 83.7 cm³/mol. The molecule has 4 unspecified atom stereocenters. The van der Waals surface area contributed by atoms with Crippen molar-refractivity contribution in [3.05, 3.63) is 0 Å². The van der Waals surface area contributed by atoms with Crippen molar-refractivity contribution in [2.24, 2.45) is 11.8 Å². The number of thiol groups is 1. The van der Waals surface area contributed by atoms with Crippen LogP contribution in [0.1, 0.15) is 13.3 Å². The van der Waals surface area contributed by atoms with Gasteiger partial charge in [0.15, 0.2) is 0 Å². The van der Waals surface area contributed by atoms with Gasteiger partial charge in [0, 0.05) is 12.6 Å². The molecule has 1 rings (SSSR count). The highest BCUT2D eigenvalue weighted by Gasteiger charge is 2.37. The maximum Gasteiger partial charge on any atom is 0.342 e. The van der Waals surface area contributed by atoms with Crippen LogP contribution in [0.25, 0.3) is 0 Å². The smallest absolute Gasteiger partial charge is 0.324 e. The molecule has 126 valence electrons. The van der Waals surface area contributed by atoms with Gasteiger partial charge in [0.1, 0.15) is 5.78 Å². The summed E-state index contributed by atoms with van der Waals surface area (Å²) < 4.78 is 22.4. The molecule has 1 heterocycles. The molecule has 1 aliphatic rings. The Morgan fingerprint density at radius 3 is 2.38 bits per heavy atom. The molecular weight excluding hydrogens is 338 g/mol. The molecule has 8 nitrogen and oxygen atoms in total. The summed E-state index contributed by atoms with van der Waals surface area (Å²) in [5, 5.41) is 5.89. The molecule has 0 aromatic carbocycles. The van der Waals surface area contributed by atoms with Crippen LogP contribution >= 0.6 is 27.8 Å². The van der Waals surface area contributed by atoms with Crippen LogP contribution in [0.5, 0.6) is 0 Å². The molecule has 0 aromatic heterocycles. The quantitative estimate of drug-likeness (QED) is 0.244. The highest BCUT2D eigenvalue weighted by Crippen LogP contribution is 2.47. The molecule has 6 N–H and O–H groups in total. The van der Waals surface area contributed by atoms with Gasteiger partial charge < -0.3 is 24.9 Å². The lowest BCUT2D eigenvalue weighted by molar-refractivity contribution is 0.241. The Kier molecular flexibility index (Phi) is 7.38. The average molecular weight is 362 g/mol. The fraction of sp³-hybridized carbons (Fsp3) is 1.00. The molecule has 11 heteroatoms. The van der Waals surface area contributed by atoms with E-state index in [1.807, 2.05) is 0 Å². The zero-order valence-electron chi connectivity index (χ0n) is 11.8. The molecule has 0 aromatic rings. The molecule has 0 aliphatic carbocycles. The second-order valence-electron chi connectivity index (χ2n) is 5.63. The van der Waals surface area contributed by atoms with Gasteiger partial charge in [0.05, 0.1) is 6.16 Å². The minimum Gasteiger partial charge on any atom is -0.324 e. The van der Waals surface area contributed by atoms with Crippen molar-refractivity contribution in [1.82, 2.24) is 10.6 Å². The van der Waals surface area contributed by atoms with Crippen LogP contribution in [-0.2, 0) is 9.13 Å². The van der Waals surface area contributed by atoms with Crippen molar-refractivity contribution in [2.45, 2.75) is 25.2 Å². The summed E-state index contributed by atoms with van der Waals surface area (Å²) in [6.45, 7) is 3.37. The lowest BCUT2D eigenvalue weighted by Crippen LogP contribution is -2.52. The average Bonchev–Trinajstić information content (AvgIpc) is 2.34. The van der Waals surface area contributed by atoms with E-state index in [0.717, 1.165) is 6.54 Å². The van der Waals surface area contributed by atoms with Crippen molar-refractivity contribution >= 4 is 27.8 Å². The zero-order valence-corrected chi connectivity index (χ0v) is 14.5. The van der Waals surface area contributed by atoms with Crippen molar-refractivity contribution < 1.29 is 28.7 Å². The molecule has 4 atom stereocenters. The van der Waals surface area contributed by atoms with Gasteiger partial charge in [-0.1, -0.05) is 6.92 Å². The van der Waals surface area contributed by atoms with E-state index >= 15 is 0 Å². The van der Waals surface area contributed by atoms with Crippen LogP contribution < -0.4 is 10.6 Å². The largest absolute Gasteiger partial charge is 0.342 e. The molecule has 0 amide bonds. The summed E-state index contributed by atoms with van der Waals surface area (Å²) >= 11 is 4.25. The summed E-state index contributed by atoms with van der Waals surface area (Å²) in [7, 11) is -9.15. The van der Waals surface area contributed by atoms with Crippen molar-refractivity contribution in [1.29, 1.82) is 0 Å². The third-order valence-electron chi connectivity index (χ3n) is 3.72. The van der Waals surface area contributed by atoms with Gasteiger partial charge in [0.25, 0.3) is 0 Å². The molecule has 1 aliphatic heterocycles. The second kappa shape index (κ2) is 7.90. The second-order valence-corrected chi connectivity index (χ2v) is 9.49. The van der Waals surface area contributed by atoms with E-state index in [-0.39, 0.29) is 6.04 Å². The molecule has 1 fully saturated rings. The van der Waals surface area contributed by atoms with Gasteiger partial charge in [-0.15, -0.1) is 0 Å². The standard InChI is InChI=1S/C10H24N2O6P2S/c1-7(6-21)8-2-9(4-11-3-8)12-10(20(16,17)18)5-19(13,14)15/h7-12,21H,2-6H2,1H3,(H2,13,14,15)(H2,16,17,18). The van der Waals surface area contributed by atoms with Gasteiger partial charge in [0.2, 0.25) is 0 Å². The first-order valence-corrected chi connectivity index (χ1v) is 10.8. The monoisotopic (exact) mass is 362 g/mol. The zero-order chi connectivity index (χ0) is 16.3. The Bertz CT molecular complexity index is 428. The molecule has 1 saturated heterocycles. The van der Waals surface area contributed by atoms with Crippen LogP contribution in [0.15, 0.2) is 0 Å². The van der Waals surface area contributed by atoms with E-state index in [4.69, 9.17) is 9.79 Å². The Labute approximate surface area is 129 Å². The molecule has 0 saturated carbocycles. The summed E-state index contributed by atoms with van der Waals surface area (Å²) in [4.78, 5) is 36.5. The van der Waals surface area contributed by atoms with Crippen molar-refractivity contribution in [2.75, 3.05) is 25.0 Å². The molecule has 0 bridgehead atoms. The highest BCUT2D eigenvalue weighted by atomic mass is 32.1. The minimum absolute atomic E-state index is 0.241. The molecule has 0 radical (unpaired) electrons. The first-order valence-electron chi connectivity index (χ1n) is 6.70. The fourth-order valence-corrected chi connectivity index (χ4v) is 5.19. The third-order valence-corrected chi connectivity index (χ3v) is 6.57. The van der Waals surface area contributed by atoms with Crippen LogP contribution in [0.2, 0.25) is 0 Å². The van der Waals surface area contributed by atoms with Crippen molar-refractivity contribution in [3.8, 4) is 0 Å². The van der Waals surface area contributed by atoms with Gasteiger partial charge >= 0.3 is 15.2 Å². The maximum atomic E-state index is 11.4. The van der Waals surface area contributed by atoms with E-state index in [1.54, 1.807) is 0 Å². The first-order chi connectivity index (χ1) is 9.53. The Morgan fingerprint density at radius 1 is 1.29 bits per heavy atom. The topological polar surface area (TPSA) is 139 Å². The van der Waals surface area contributed by atoms with Crippen LogP contribution in [0.4, 0.5) is 0 Å². The molecular formula is C10H24N2O6P2S. The lowest BCUT2D eigenvalue weighted by Gasteiger charge is -2.35. The number of nitrogens with one attached hydrogen (secondary N) is 2. The highest BCUT2D eigenvalue weighted by molar-refractivity contribution is 7.80. The van der Waals surface area contributed by atoms with Crippen LogP contribution in [0, 0.1) is 11.8 Å². The van der Waals surface area contributed by atoms with E-state index in [1.165, 1.54) is 0 Å². The molecule has 0 spiro atoms. The van der Waals surface area contributed by atoms with Crippen molar-refractivity contribution in [3.63, 3.8) is 0 Å². The van der Waals surface area contributed by atoms with Crippen LogP contribution in [0.3, 0.4) is 0 Å². The number of hydrogen-bond donors (Lipinski definition) is 7. The maximum absolute atomic E-state index is 11.4. The SMILES string of the molecule is CC(CS)C1CNCC(NC(CP(=O)(O)O)P(=O)(O)O)C1. The normalized spacial score (nSPS) is 27.3. The first kappa shape index (κ1) is 19.6. The summed E-state index contributed by atoms with van der Waals surface area (Å²) in [6, 6.07) is -0.241. The summed E-state index contributed by atoms with van der Waals surface area (Å²) in [5.41, 5.74) is 0. The van der Waals surface area contributed by atoms with Gasteiger partial charge in [-0.25, -0.2) is 0 Å². The number of piperidine rings is 1. The van der Waals surface area contributed by atoms with Gasteiger partial charge in [-0.05, 0) is 30.6 Å². The Morgan fingerprint density at radius 2 is 1.90 bits per heavy atom. The van der Waals surface area contributed by atoms with E-state index in [2.05, 4.69) is 30.2 Å². The van der Waals surface area contributed by atoms with E-state index in [9.17, 15) is 18.9 Å². The Balaban J connectivity index is 2.70. The lowest BCUT2D eigenvalue weighted by atomic mass is 9.86. The minimum atomic E-state index is -4.64.